The van der Waals surface area contributed by atoms with Gasteiger partial charge in [-0.05, 0) is 51.1 Å². The number of benzene rings is 1. The molecule has 1 atom stereocenters. The number of rotatable bonds is 4. The summed E-state index contributed by atoms with van der Waals surface area (Å²) in [5.74, 6) is -0.256. The summed E-state index contributed by atoms with van der Waals surface area (Å²) in [4.78, 5) is 14.1. The maximum atomic E-state index is 12.6. The number of anilines is 1. The smallest absolute Gasteiger partial charge is 0.326 e. The van der Waals surface area contributed by atoms with E-state index in [0.717, 1.165) is 38.1 Å². The number of carbonyl (C=O) groups is 1. The molecule has 1 unspecified atom stereocenters. The van der Waals surface area contributed by atoms with E-state index >= 15 is 0 Å². The number of carbonyl (C=O) groups excluding carboxylic acids is 1. The average molecular weight is 300 g/mol. The molecule has 1 saturated heterocycles. The molecule has 1 aromatic carbocycles. The van der Waals surface area contributed by atoms with E-state index in [1.807, 2.05) is 6.92 Å². The Morgan fingerprint density at radius 1 is 1.33 bits per heavy atom. The summed E-state index contributed by atoms with van der Waals surface area (Å²) in [6.07, 6.45) is -1.83. The van der Waals surface area contributed by atoms with Crippen molar-refractivity contribution in [2.24, 2.45) is 0 Å². The van der Waals surface area contributed by atoms with Crippen molar-refractivity contribution in [2.75, 3.05) is 18.4 Å². The van der Waals surface area contributed by atoms with Crippen LogP contribution in [0.15, 0.2) is 24.3 Å². The van der Waals surface area contributed by atoms with E-state index in [2.05, 4.69) is 10.2 Å². The monoisotopic (exact) mass is 300 g/mol. The molecular formula is C15H19F3N2O. The molecule has 1 N–H and O–H groups in total. The van der Waals surface area contributed by atoms with Gasteiger partial charge in [0.25, 0.3) is 0 Å². The molecule has 0 spiro atoms. The highest BCUT2D eigenvalue weighted by molar-refractivity contribution is 5.91. The van der Waals surface area contributed by atoms with Crippen LogP contribution in [0.5, 0.6) is 0 Å². The number of nitrogens with one attached hydrogen (secondary N) is 1. The quantitative estimate of drug-likeness (QED) is 0.922. The van der Waals surface area contributed by atoms with Gasteiger partial charge < -0.3 is 10.2 Å². The standard InChI is InChI=1S/C15H19F3N2O/c1-11(20-7-2-3-8-20)9-14(21)19-13-6-4-5-12(10-13)15(16,17)18/h4-6,10-11H,2-3,7-9H2,1H3,(H,19,21). The Balaban J connectivity index is 1.93. The van der Waals surface area contributed by atoms with Crippen LogP contribution >= 0.6 is 0 Å². The van der Waals surface area contributed by atoms with Crippen molar-refractivity contribution in [2.45, 2.75) is 38.4 Å². The number of amides is 1. The summed E-state index contributed by atoms with van der Waals surface area (Å²) in [6.45, 7) is 3.94. The third kappa shape index (κ3) is 4.46. The van der Waals surface area contributed by atoms with Gasteiger partial charge in [-0.25, -0.2) is 0 Å². The second kappa shape index (κ2) is 6.47. The maximum Gasteiger partial charge on any atom is 0.416 e. The second-order valence-electron chi connectivity index (χ2n) is 5.42. The van der Waals surface area contributed by atoms with Gasteiger partial charge in [-0.3, -0.25) is 4.79 Å². The normalized spacial score (nSPS) is 17.7. The van der Waals surface area contributed by atoms with Crippen LogP contribution in [0.1, 0.15) is 31.7 Å². The van der Waals surface area contributed by atoms with Gasteiger partial charge in [-0.1, -0.05) is 6.07 Å². The first-order valence-corrected chi connectivity index (χ1v) is 7.07. The van der Waals surface area contributed by atoms with E-state index in [1.165, 1.54) is 12.1 Å². The summed E-state index contributed by atoms with van der Waals surface area (Å²) < 4.78 is 37.8. The molecule has 6 heteroatoms. The molecule has 1 aliphatic heterocycles. The summed E-state index contributed by atoms with van der Waals surface area (Å²) in [7, 11) is 0. The molecule has 1 heterocycles. The first kappa shape index (κ1) is 15.8. The molecule has 1 amide bonds. The lowest BCUT2D eigenvalue weighted by molar-refractivity contribution is -0.137. The van der Waals surface area contributed by atoms with Gasteiger partial charge in [0.2, 0.25) is 5.91 Å². The largest absolute Gasteiger partial charge is 0.416 e. The molecule has 0 radical (unpaired) electrons. The first-order valence-electron chi connectivity index (χ1n) is 7.07. The van der Waals surface area contributed by atoms with Crippen LogP contribution < -0.4 is 5.32 Å². The fourth-order valence-corrected chi connectivity index (χ4v) is 2.57. The average Bonchev–Trinajstić information content (AvgIpc) is 2.91. The zero-order chi connectivity index (χ0) is 15.5. The third-order valence-electron chi connectivity index (χ3n) is 3.72. The number of hydrogen-bond acceptors (Lipinski definition) is 2. The molecule has 2 rings (SSSR count). The lowest BCUT2D eigenvalue weighted by Gasteiger charge is -2.23. The molecule has 1 aliphatic rings. The predicted octanol–water partition coefficient (Wildman–Crippen LogP) is 3.52. The minimum Gasteiger partial charge on any atom is -0.326 e. The molecule has 1 fully saturated rings. The van der Waals surface area contributed by atoms with Crippen molar-refractivity contribution < 1.29 is 18.0 Å². The highest BCUT2D eigenvalue weighted by Gasteiger charge is 2.30. The zero-order valence-corrected chi connectivity index (χ0v) is 11.9. The van der Waals surface area contributed by atoms with Crippen LogP contribution in [0.3, 0.4) is 0 Å². The fraction of sp³-hybridized carbons (Fsp3) is 0.533. The van der Waals surface area contributed by atoms with Gasteiger partial charge in [0.05, 0.1) is 5.56 Å². The molecule has 0 aliphatic carbocycles. The van der Waals surface area contributed by atoms with E-state index in [0.29, 0.717) is 0 Å². The summed E-state index contributed by atoms with van der Waals surface area (Å²) in [5, 5.41) is 2.54. The van der Waals surface area contributed by atoms with Gasteiger partial charge in [0.1, 0.15) is 0 Å². The van der Waals surface area contributed by atoms with Crippen molar-refractivity contribution in [1.29, 1.82) is 0 Å². The van der Waals surface area contributed by atoms with Crippen LogP contribution in [0.2, 0.25) is 0 Å². The Hall–Kier alpha value is -1.56. The second-order valence-corrected chi connectivity index (χ2v) is 5.42. The van der Waals surface area contributed by atoms with Crippen molar-refractivity contribution in [3.8, 4) is 0 Å². The molecule has 0 aromatic heterocycles. The minimum absolute atomic E-state index is 0.110. The van der Waals surface area contributed by atoms with Crippen molar-refractivity contribution >= 4 is 11.6 Å². The van der Waals surface area contributed by atoms with E-state index in [1.54, 1.807) is 0 Å². The highest BCUT2D eigenvalue weighted by atomic mass is 19.4. The number of alkyl halides is 3. The van der Waals surface area contributed by atoms with E-state index in [4.69, 9.17) is 0 Å². The SMILES string of the molecule is CC(CC(=O)Nc1cccc(C(F)(F)F)c1)N1CCCC1. The maximum absolute atomic E-state index is 12.6. The first-order chi connectivity index (χ1) is 9.86. The Bertz CT molecular complexity index is 496. The number of likely N-dealkylation sites (tertiary alicyclic amines) is 1. The number of halogens is 3. The zero-order valence-electron chi connectivity index (χ0n) is 11.9. The fourth-order valence-electron chi connectivity index (χ4n) is 2.57. The Morgan fingerprint density at radius 2 is 2.00 bits per heavy atom. The topological polar surface area (TPSA) is 32.3 Å². The van der Waals surface area contributed by atoms with Crippen molar-refractivity contribution in [1.82, 2.24) is 4.90 Å². The lowest BCUT2D eigenvalue weighted by Crippen LogP contribution is -2.33. The van der Waals surface area contributed by atoms with Gasteiger partial charge in [-0.15, -0.1) is 0 Å². The summed E-state index contributed by atoms with van der Waals surface area (Å²) in [5.41, 5.74) is -0.573. The van der Waals surface area contributed by atoms with Crippen LogP contribution in [0, 0.1) is 0 Å². The van der Waals surface area contributed by atoms with Gasteiger partial charge in [0, 0.05) is 18.2 Å². The summed E-state index contributed by atoms with van der Waals surface area (Å²) >= 11 is 0. The molecule has 3 nitrogen and oxygen atoms in total. The summed E-state index contributed by atoms with van der Waals surface area (Å²) in [6, 6.07) is 4.81. The predicted molar refractivity (Wildman–Crippen MR) is 75.0 cm³/mol. The van der Waals surface area contributed by atoms with Crippen molar-refractivity contribution in [3.05, 3.63) is 29.8 Å². The molecule has 0 saturated carbocycles. The molecule has 0 bridgehead atoms. The number of nitrogens with zero attached hydrogens (tertiary/aromatic N) is 1. The molecule has 116 valence electrons. The van der Waals surface area contributed by atoms with Crippen LogP contribution in [0.4, 0.5) is 18.9 Å². The van der Waals surface area contributed by atoms with Crippen LogP contribution in [0.25, 0.3) is 0 Å². The number of hydrogen-bond donors (Lipinski definition) is 1. The van der Waals surface area contributed by atoms with Crippen molar-refractivity contribution in [3.63, 3.8) is 0 Å². The van der Waals surface area contributed by atoms with Crippen LogP contribution in [-0.2, 0) is 11.0 Å². The highest BCUT2D eigenvalue weighted by Crippen LogP contribution is 2.30. The minimum atomic E-state index is -4.40. The molecule has 21 heavy (non-hydrogen) atoms. The van der Waals surface area contributed by atoms with E-state index in [-0.39, 0.29) is 24.1 Å². The van der Waals surface area contributed by atoms with E-state index in [9.17, 15) is 18.0 Å². The third-order valence-corrected chi connectivity index (χ3v) is 3.72. The lowest BCUT2D eigenvalue weighted by atomic mass is 10.1. The van der Waals surface area contributed by atoms with Gasteiger partial charge >= 0.3 is 6.18 Å². The Morgan fingerprint density at radius 3 is 2.62 bits per heavy atom. The van der Waals surface area contributed by atoms with Gasteiger partial charge in [-0.2, -0.15) is 13.2 Å². The van der Waals surface area contributed by atoms with Crippen LogP contribution in [-0.4, -0.2) is 29.9 Å². The Kier molecular flexibility index (Phi) is 4.88. The molecular weight excluding hydrogens is 281 g/mol. The molecule has 1 aromatic rings. The van der Waals surface area contributed by atoms with Gasteiger partial charge in [0.15, 0.2) is 0 Å². The van der Waals surface area contributed by atoms with E-state index < -0.39 is 11.7 Å². The Labute approximate surface area is 122 Å².